The van der Waals surface area contributed by atoms with Crippen LogP contribution in [0.3, 0.4) is 0 Å². The number of carbonyl (C=O) groups is 2. The van der Waals surface area contributed by atoms with E-state index in [4.69, 9.17) is 4.74 Å². The van der Waals surface area contributed by atoms with Crippen LogP contribution in [0.1, 0.15) is 46.5 Å². The number of ketones is 2. The Morgan fingerprint density at radius 3 is 2.03 bits per heavy atom. The van der Waals surface area contributed by atoms with Crippen molar-refractivity contribution in [3.63, 3.8) is 0 Å². The fraction of sp³-hybridized carbons (Fsp3) is 0.440. The van der Waals surface area contributed by atoms with Crippen LogP contribution in [0.2, 0.25) is 0 Å². The van der Waals surface area contributed by atoms with Crippen LogP contribution in [0.5, 0.6) is 0 Å². The van der Waals surface area contributed by atoms with Crippen LogP contribution in [0.15, 0.2) is 48.5 Å². The smallest absolute Gasteiger partial charge is 0.183 e. The number of likely N-dealkylation sites (N-methyl/N-ethyl adjacent to an activating group) is 1. The molecule has 1 unspecified atom stereocenters. The van der Waals surface area contributed by atoms with E-state index in [0.717, 1.165) is 43.1 Å². The maximum atomic E-state index is 13.7. The predicted molar refractivity (Wildman–Crippen MR) is 121 cm³/mol. The molecule has 1 fully saturated rings. The van der Waals surface area contributed by atoms with Gasteiger partial charge in [-0.05, 0) is 63.7 Å². The molecule has 0 aliphatic carbocycles. The summed E-state index contributed by atoms with van der Waals surface area (Å²) >= 11 is 0. The van der Waals surface area contributed by atoms with Gasteiger partial charge in [0.25, 0.3) is 0 Å². The van der Waals surface area contributed by atoms with Crippen LogP contribution < -0.4 is 4.90 Å². The Bertz CT molecular complexity index is 868. The number of nitrogens with zero attached hydrogens (tertiary/aromatic N) is 2. The van der Waals surface area contributed by atoms with Gasteiger partial charge in [0.1, 0.15) is 0 Å². The van der Waals surface area contributed by atoms with E-state index in [-0.39, 0.29) is 11.6 Å². The summed E-state index contributed by atoms with van der Waals surface area (Å²) < 4.78 is 5.43. The Morgan fingerprint density at radius 2 is 1.53 bits per heavy atom. The van der Waals surface area contributed by atoms with Crippen molar-refractivity contribution in [2.45, 2.75) is 32.2 Å². The van der Waals surface area contributed by atoms with E-state index in [1.54, 1.807) is 6.92 Å². The van der Waals surface area contributed by atoms with Crippen LogP contribution in [0.4, 0.5) is 5.69 Å². The minimum atomic E-state index is -0.641. The molecule has 0 aromatic heterocycles. The van der Waals surface area contributed by atoms with Crippen molar-refractivity contribution in [1.29, 1.82) is 0 Å². The zero-order valence-corrected chi connectivity index (χ0v) is 18.5. The third-order valence-corrected chi connectivity index (χ3v) is 6.23. The highest BCUT2D eigenvalue weighted by molar-refractivity contribution is 6.03. The summed E-state index contributed by atoms with van der Waals surface area (Å²) in [5.41, 5.74) is 2.95. The molecule has 160 valence electrons. The Balaban J connectivity index is 1.84. The highest BCUT2D eigenvalue weighted by Crippen LogP contribution is 2.29. The number of ether oxygens (including phenoxy) is 1. The third-order valence-electron chi connectivity index (χ3n) is 6.23. The van der Waals surface area contributed by atoms with Gasteiger partial charge >= 0.3 is 0 Å². The number of hydrogen-bond acceptors (Lipinski definition) is 5. The summed E-state index contributed by atoms with van der Waals surface area (Å²) in [6.07, 6.45) is 1.29. The van der Waals surface area contributed by atoms with Gasteiger partial charge in [0.05, 0.1) is 18.8 Å². The molecular weight excluding hydrogens is 376 g/mol. The highest BCUT2D eigenvalue weighted by Gasteiger charge is 2.39. The lowest BCUT2D eigenvalue weighted by atomic mass is 9.80. The quantitative estimate of drug-likeness (QED) is 0.621. The van der Waals surface area contributed by atoms with E-state index in [9.17, 15) is 9.59 Å². The lowest BCUT2D eigenvalue weighted by Crippen LogP contribution is -2.52. The molecule has 5 heteroatoms. The first-order chi connectivity index (χ1) is 14.4. The number of anilines is 1. The first kappa shape index (κ1) is 22.2. The largest absolute Gasteiger partial charge is 0.378 e. The van der Waals surface area contributed by atoms with Gasteiger partial charge in [-0.15, -0.1) is 0 Å². The molecule has 0 bridgehead atoms. The van der Waals surface area contributed by atoms with Crippen LogP contribution in [-0.4, -0.2) is 62.4 Å². The monoisotopic (exact) mass is 408 g/mol. The van der Waals surface area contributed by atoms with Gasteiger partial charge in [-0.3, -0.25) is 14.5 Å². The van der Waals surface area contributed by atoms with Gasteiger partial charge in [-0.1, -0.05) is 31.2 Å². The molecule has 0 spiro atoms. The summed E-state index contributed by atoms with van der Waals surface area (Å²) in [5, 5.41) is 0. The van der Waals surface area contributed by atoms with Crippen molar-refractivity contribution >= 4 is 17.3 Å². The van der Waals surface area contributed by atoms with Gasteiger partial charge in [-0.2, -0.15) is 0 Å². The topological polar surface area (TPSA) is 49.9 Å². The summed E-state index contributed by atoms with van der Waals surface area (Å²) in [6.45, 7) is 6.85. The maximum Gasteiger partial charge on any atom is 0.183 e. The van der Waals surface area contributed by atoms with E-state index in [0.29, 0.717) is 18.4 Å². The normalized spacial score (nSPS) is 16.4. The number of morpholine rings is 1. The van der Waals surface area contributed by atoms with Crippen LogP contribution in [-0.2, 0) is 11.2 Å². The molecule has 1 atom stereocenters. The van der Waals surface area contributed by atoms with Crippen molar-refractivity contribution in [3.05, 3.63) is 65.2 Å². The zero-order valence-electron chi connectivity index (χ0n) is 18.5. The van der Waals surface area contributed by atoms with Gasteiger partial charge in [0.15, 0.2) is 11.6 Å². The molecular formula is C25H32N2O3. The molecule has 0 saturated carbocycles. The summed E-state index contributed by atoms with van der Waals surface area (Å²) in [6, 6.07) is 15.6. The summed E-state index contributed by atoms with van der Waals surface area (Å²) in [7, 11) is 3.93. The fourth-order valence-corrected chi connectivity index (χ4v) is 4.15. The number of hydrogen-bond donors (Lipinski definition) is 0. The first-order valence-electron chi connectivity index (χ1n) is 10.6. The first-order valence-corrected chi connectivity index (χ1v) is 10.6. The zero-order chi connectivity index (χ0) is 21.7. The summed E-state index contributed by atoms with van der Waals surface area (Å²) in [5.74, 6) is 0.173. The average Bonchev–Trinajstić information content (AvgIpc) is 2.78. The van der Waals surface area contributed by atoms with Crippen LogP contribution >= 0.6 is 0 Å². The Labute approximate surface area is 179 Å². The molecule has 2 aromatic carbocycles. The predicted octanol–water partition coefficient (Wildman–Crippen LogP) is 3.86. The minimum absolute atomic E-state index is 0.0485. The Hall–Kier alpha value is -2.50. The SMILES string of the molecule is CCC(Cc1ccc(C(C)=O)cc1)(C(=O)c1ccc(N2CCOCC2)cc1)N(C)C. The van der Waals surface area contributed by atoms with Gasteiger partial charge < -0.3 is 9.64 Å². The van der Waals surface area contributed by atoms with E-state index in [1.165, 1.54) is 0 Å². The molecule has 1 aliphatic heterocycles. The molecule has 0 amide bonds. The van der Waals surface area contributed by atoms with Crippen molar-refractivity contribution < 1.29 is 14.3 Å². The number of benzene rings is 2. The van der Waals surface area contributed by atoms with Crippen molar-refractivity contribution in [2.75, 3.05) is 45.3 Å². The molecule has 3 rings (SSSR count). The Kier molecular flexibility index (Phi) is 7.06. The Morgan fingerprint density at radius 1 is 0.967 bits per heavy atom. The van der Waals surface area contributed by atoms with Crippen molar-refractivity contribution in [1.82, 2.24) is 4.90 Å². The fourth-order valence-electron chi connectivity index (χ4n) is 4.15. The lowest BCUT2D eigenvalue weighted by molar-refractivity contribution is 0.0666. The molecule has 30 heavy (non-hydrogen) atoms. The van der Waals surface area contributed by atoms with E-state index in [2.05, 4.69) is 11.8 Å². The van der Waals surface area contributed by atoms with Gasteiger partial charge in [-0.25, -0.2) is 0 Å². The third kappa shape index (κ3) is 4.63. The standard InChI is InChI=1S/C25H32N2O3/c1-5-25(26(3)4,18-20-6-8-21(9-7-20)19(2)28)24(29)22-10-12-23(13-11-22)27-14-16-30-17-15-27/h6-13H,5,14-18H2,1-4H3. The second kappa shape index (κ2) is 9.54. The number of Topliss-reactive ketones (excluding diaryl/α,β-unsaturated/α-hetero) is 2. The van der Waals surface area contributed by atoms with E-state index in [1.807, 2.05) is 67.5 Å². The average molecular weight is 409 g/mol. The number of rotatable bonds is 8. The molecule has 1 aliphatic rings. The summed E-state index contributed by atoms with van der Waals surface area (Å²) in [4.78, 5) is 29.6. The van der Waals surface area contributed by atoms with E-state index >= 15 is 0 Å². The number of carbonyl (C=O) groups excluding carboxylic acids is 2. The molecule has 0 radical (unpaired) electrons. The second-order valence-electron chi connectivity index (χ2n) is 8.18. The van der Waals surface area contributed by atoms with Crippen LogP contribution in [0, 0.1) is 0 Å². The minimum Gasteiger partial charge on any atom is -0.378 e. The van der Waals surface area contributed by atoms with Gasteiger partial charge in [0, 0.05) is 29.9 Å². The maximum absolute atomic E-state index is 13.7. The molecule has 0 N–H and O–H groups in total. The molecule has 2 aromatic rings. The second-order valence-corrected chi connectivity index (χ2v) is 8.18. The van der Waals surface area contributed by atoms with Crippen molar-refractivity contribution in [3.8, 4) is 0 Å². The van der Waals surface area contributed by atoms with E-state index < -0.39 is 5.54 Å². The molecule has 1 heterocycles. The van der Waals surface area contributed by atoms with Crippen LogP contribution in [0.25, 0.3) is 0 Å². The van der Waals surface area contributed by atoms with Crippen molar-refractivity contribution in [2.24, 2.45) is 0 Å². The molecule has 5 nitrogen and oxygen atoms in total. The van der Waals surface area contributed by atoms with Gasteiger partial charge in [0.2, 0.25) is 0 Å². The lowest BCUT2D eigenvalue weighted by Gasteiger charge is -2.38. The molecule has 1 saturated heterocycles. The highest BCUT2D eigenvalue weighted by atomic mass is 16.5.